The van der Waals surface area contributed by atoms with Crippen molar-refractivity contribution in [2.75, 3.05) is 0 Å². The molecule has 5 heteroatoms. The van der Waals surface area contributed by atoms with E-state index in [2.05, 4.69) is 0 Å². The molecule has 1 atom stereocenters. The number of hydrogen-bond donors (Lipinski definition) is 2. The minimum absolute atomic E-state index is 0. The van der Waals surface area contributed by atoms with E-state index in [0.717, 1.165) is 6.42 Å². The van der Waals surface area contributed by atoms with E-state index in [0.29, 0.717) is 6.42 Å². The van der Waals surface area contributed by atoms with Crippen molar-refractivity contribution in [2.24, 2.45) is 5.92 Å². The van der Waals surface area contributed by atoms with E-state index in [1.54, 1.807) is 0 Å². The topological polar surface area (TPSA) is 74.6 Å². The Bertz CT molecular complexity index is 170. The molecule has 0 aliphatic carbocycles. The number of rotatable bonds is 6. The van der Waals surface area contributed by atoms with Gasteiger partial charge in [0.1, 0.15) is 0 Å². The maximum absolute atomic E-state index is 10.5. The van der Waals surface area contributed by atoms with Gasteiger partial charge >= 0.3 is 11.9 Å². The Labute approximate surface area is 83.4 Å². The molecular formula is C8H15ClO4. The van der Waals surface area contributed by atoms with Crippen LogP contribution in [0.5, 0.6) is 0 Å². The van der Waals surface area contributed by atoms with Gasteiger partial charge < -0.3 is 10.2 Å². The molecule has 0 heterocycles. The van der Waals surface area contributed by atoms with Gasteiger partial charge in [0.2, 0.25) is 0 Å². The molecule has 0 aromatic rings. The molecule has 0 aliphatic rings. The number of halogens is 1. The molecule has 0 fully saturated rings. The Kier molecular flexibility index (Phi) is 8.91. The molecule has 13 heavy (non-hydrogen) atoms. The van der Waals surface area contributed by atoms with Gasteiger partial charge in [0.05, 0.1) is 5.92 Å². The van der Waals surface area contributed by atoms with Crippen LogP contribution in [-0.2, 0) is 9.59 Å². The molecule has 0 spiro atoms. The van der Waals surface area contributed by atoms with Crippen LogP contribution in [0.15, 0.2) is 0 Å². The molecule has 0 bridgehead atoms. The van der Waals surface area contributed by atoms with Gasteiger partial charge in [0.25, 0.3) is 0 Å². The minimum Gasteiger partial charge on any atom is -0.481 e. The molecule has 0 radical (unpaired) electrons. The Balaban J connectivity index is 0. The first kappa shape index (κ1) is 14.7. The number of carboxylic acid groups (broad SMARTS) is 2. The fourth-order valence-corrected chi connectivity index (χ4v) is 1.04. The van der Waals surface area contributed by atoms with E-state index in [-0.39, 0.29) is 25.2 Å². The number of carboxylic acids is 2. The maximum atomic E-state index is 10.5. The third kappa shape index (κ3) is 7.59. The molecule has 0 rings (SSSR count). The quantitative estimate of drug-likeness (QED) is 0.701. The first-order chi connectivity index (χ1) is 5.57. The van der Waals surface area contributed by atoms with Crippen molar-refractivity contribution in [3.05, 3.63) is 0 Å². The van der Waals surface area contributed by atoms with E-state index in [9.17, 15) is 9.59 Å². The molecule has 0 amide bonds. The maximum Gasteiger partial charge on any atom is 0.306 e. The lowest BCUT2D eigenvalue weighted by Gasteiger charge is -2.08. The van der Waals surface area contributed by atoms with Crippen LogP contribution >= 0.6 is 12.4 Å². The second-order valence-electron chi connectivity index (χ2n) is 2.76. The highest BCUT2D eigenvalue weighted by Gasteiger charge is 2.16. The zero-order chi connectivity index (χ0) is 9.56. The standard InChI is InChI=1S/C8H14O4.ClH/c1-2-3-6(8(11)12)4-5-7(9)10;/h6H,2-5H2,1H3,(H,9,10)(H,11,12);1H. The van der Waals surface area contributed by atoms with Gasteiger partial charge in [-0.1, -0.05) is 13.3 Å². The van der Waals surface area contributed by atoms with E-state index in [1.807, 2.05) is 6.92 Å². The number of hydrogen-bond acceptors (Lipinski definition) is 2. The minimum atomic E-state index is -0.933. The van der Waals surface area contributed by atoms with E-state index < -0.39 is 17.9 Å². The highest BCUT2D eigenvalue weighted by atomic mass is 35.5. The third-order valence-corrected chi connectivity index (χ3v) is 1.69. The average Bonchev–Trinajstić information content (AvgIpc) is 1.96. The second-order valence-corrected chi connectivity index (χ2v) is 2.76. The fourth-order valence-electron chi connectivity index (χ4n) is 1.04. The molecule has 0 aromatic carbocycles. The van der Waals surface area contributed by atoms with Crippen LogP contribution < -0.4 is 0 Å². The van der Waals surface area contributed by atoms with Gasteiger partial charge in [-0.05, 0) is 12.8 Å². The van der Waals surface area contributed by atoms with Crippen LogP contribution in [0.2, 0.25) is 0 Å². The molecule has 0 saturated carbocycles. The molecule has 4 nitrogen and oxygen atoms in total. The number of aliphatic carboxylic acids is 2. The summed E-state index contributed by atoms with van der Waals surface area (Å²) < 4.78 is 0. The molecule has 78 valence electrons. The molecule has 0 aromatic heterocycles. The van der Waals surface area contributed by atoms with Gasteiger partial charge in [-0.15, -0.1) is 12.4 Å². The lowest BCUT2D eigenvalue weighted by Crippen LogP contribution is -2.14. The summed E-state index contributed by atoms with van der Waals surface area (Å²) >= 11 is 0. The Morgan fingerprint density at radius 2 is 1.77 bits per heavy atom. The highest BCUT2D eigenvalue weighted by Crippen LogP contribution is 2.13. The van der Waals surface area contributed by atoms with Gasteiger partial charge in [-0.3, -0.25) is 9.59 Å². The lowest BCUT2D eigenvalue weighted by atomic mass is 9.98. The predicted octanol–water partition coefficient (Wildman–Crippen LogP) is 1.77. The molecular weight excluding hydrogens is 196 g/mol. The summed E-state index contributed by atoms with van der Waals surface area (Å²) in [6, 6.07) is 0. The van der Waals surface area contributed by atoms with Crippen molar-refractivity contribution >= 4 is 24.3 Å². The van der Waals surface area contributed by atoms with E-state index in [1.165, 1.54) is 0 Å². The molecule has 2 N–H and O–H groups in total. The summed E-state index contributed by atoms with van der Waals surface area (Å²) in [7, 11) is 0. The van der Waals surface area contributed by atoms with Crippen LogP contribution in [-0.4, -0.2) is 22.2 Å². The van der Waals surface area contributed by atoms with Crippen molar-refractivity contribution in [3.8, 4) is 0 Å². The SMILES string of the molecule is CCCC(CCC(=O)O)C(=O)O.Cl. The highest BCUT2D eigenvalue weighted by molar-refractivity contribution is 5.85. The predicted molar refractivity (Wildman–Crippen MR) is 50.2 cm³/mol. The monoisotopic (exact) mass is 210 g/mol. The van der Waals surface area contributed by atoms with Crippen LogP contribution in [0, 0.1) is 5.92 Å². The summed E-state index contributed by atoms with van der Waals surface area (Å²) in [6.45, 7) is 1.89. The summed E-state index contributed by atoms with van der Waals surface area (Å²) in [5.41, 5.74) is 0. The lowest BCUT2D eigenvalue weighted by molar-refractivity contribution is -0.143. The first-order valence-electron chi connectivity index (χ1n) is 4.02. The van der Waals surface area contributed by atoms with E-state index >= 15 is 0 Å². The van der Waals surface area contributed by atoms with Crippen molar-refractivity contribution in [3.63, 3.8) is 0 Å². The van der Waals surface area contributed by atoms with Crippen LogP contribution in [0.4, 0.5) is 0 Å². The largest absolute Gasteiger partial charge is 0.481 e. The third-order valence-electron chi connectivity index (χ3n) is 1.69. The Morgan fingerprint density at radius 3 is 2.08 bits per heavy atom. The fraction of sp³-hybridized carbons (Fsp3) is 0.750. The van der Waals surface area contributed by atoms with Crippen LogP contribution in [0.3, 0.4) is 0 Å². The van der Waals surface area contributed by atoms with Crippen molar-refractivity contribution in [1.29, 1.82) is 0 Å². The van der Waals surface area contributed by atoms with Crippen LogP contribution in [0.25, 0.3) is 0 Å². The second kappa shape index (κ2) is 7.86. The average molecular weight is 211 g/mol. The van der Waals surface area contributed by atoms with Crippen LogP contribution in [0.1, 0.15) is 32.6 Å². The molecule has 0 aliphatic heterocycles. The van der Waals surface area contributed by atoms with Crippen molar-refractivity contribution in [2.45, 2.75) is 32.6 Å². The first-order valence-corrected chi connectivity index (χ1v) is 4.02. The van der Waals surface area contributed by atoms with Gasteiger partial charge in [-0.2, -0.15) is 0 Å². The normalized spacial score (nSPS) is 11.5. The number of carbonyl (C=O) groups is 2. The smallest absolute Gasteiger partial charge is 0.306 e. The van der Waals surface area contributed by atoms with Gasteiger partial charge in [-0.25, -0.2) is 0 Å². The van der Waals surface area contributed by atoms with Crippen molar-refractivity contribution in [1.82, 2.24) is 0 Å². The summed E-state index contributed by atoms with van der Waals surface area (Å²) in [5, 5.41) is 16.9. The van der Waals surface area contributed by atoms with Gasteiger partial charge in [0, 0.05) is 6.42 Å². The van der Waals surface area contributed by atoms with E-state index in [4.69, 9.17) is 10.2 Å². The molecule has 1 unspecified atom stereocenters. The Hall–Kier alpha value is -0.770. The Morgan fingerprint density at radius 1 is 1.23 bits per heavy atom. The van der Waals surface area contributed by atoms with Gasteiger partial charge in [0.15, 0.2) is 0 Å². The zero-order valence-electron chi connectivity index (χ0n) is 7.52. The zero-order valence-corrected chi connectivity index (χ0v) is 8.34. The van der Waals surface area contributed by atoms with Crippen molar-refractivity contribution < 1.29 is 19.8 Å². The molecule has 0 saturated heterocycles. The summed E-state index contributed by atoms with van der Waals surface area (Å²) in [6.07, 6.45) is 1.51. The summed E-state index contributed by atoms with van der Waals surface area (Å²) in [5.74, 6) is -2.32. The summed E-state index contributed by atoms with van der Waals surface area (Å²) in [4.78, 5) is 20.6.